The summed E-state index contributed by atoms with van der Waals surface area (Å²) < 4.78 is 10.7. The standard InChI is InChI=1S/C12H20O2.H2O/c1-5-7-8-14-12(6-2)10-13-9-11(3)4;/h6-8,12H,2-3,5,9-10H2,1,4H3;1H2. The molecule has 3 nitrogen and oxygen atoms in total. The fourth-order valence-electron chi connectivity index (χ4n) is 0.765. The number of hydrogen-bond acceptors (Lipinski definition) is 2. The lowest BCUT2D eigenvalue weighted by molar-refractivity contribution is 0.0613. The molecule has 0 aliphatic carbocycles. The lowest BCUT2D eigenvalue weighted by atomic mass is 10.3. The summed E-state index contributed by atoms with van der Waals surface area (Å²) in [5.74, 6) is 0. The van der Waals surface area contributed by atoms with Crippen LogP contribution in [0.3, 0.4) is 0 Å². The molecule has 0 fully saturated rings. The normalized spacial score (nSPS) is 11.9. The predicted octanol–water partition coefficient (Wildman–Crippen LogP) is 2.25. The van der Waals surface area contributed by atoms with E-state index in [1.165, 1.54) is 0 Å². The molecule has 1 atom stereocenters. The van der Waals surface area contributed by atoms with Crippen LogP contribution in [-0.2, 0) is 9.47 Å². The average Bonchev–Trinajstić information content (AvgIpc) is 2.15. The van der Waals surface area contributed by atoms with Crippen molar-refractivity contribution in [2.24, 2.45) is 0 Å². The van der Waals surface area contributed by atoms with Crippen LogP contribution in [0.4, 0.5) is 0 Å². The minimum Gasteiger partial charge on any atom is -0.492 e. The predicted molar refractivity (Wildman–Crippen MR) is 63.7 cm³/mol. The molecular weight excluding hydrogens is 192 g/mol. The maximum absolute atomic E-state index is 5.36. The van der Waals surface area contributed by atoms with E-state index < -0.39 is 0 Å². The fraction of sp³-hybridized carbons (Fsp3) is 0.500. The second-order valence-corrected chi connectivity index (χ2v) is 3.16. The third kappa shape index (κ3) is 10.9. The summed E-state index contributed by atoms with van der Waals surface area (Å²) in [4.78, 5) is 0. The van der Waals surface area contributed by atoms with Crippen molar-refractivity contribution >= 4 is 0 Å². The van der Waals surface area contributed by atoms with Crippen LogP contribution in [0, 0.1) is 0 Å². The highest BCUT2D eigenvalue weighted by Gasteiger charge is 2.02. The molecule has 0 aromatic carbocycles. The van der Waals surface area contributed by atoms with Gasteiger partial charge in [0.25, 0.3) is 0 Å². The molecule has 0 rings (SSSR count). The molecule has 15 heavy (non-hydrogen) atoms. The molecule has 2 N–H and O–H groups in total. The van der Waals surface area contributed by atoms with Crippen LogP contribution in [0.1, 0.15) is 20.3 Å². The minimum absolute atomic E-state index is 0. The van der Waals surface area contributed by atoms with Crippen molar-refractivity contribution in [2.75, 3.05) is 13.2 Å². The van der Waals surface area contributed by atoms with Gasteiger partial charge in [-0.3, -0.25) is 0 Å². The second kappa shape index (κ2) is 11.0. The van der Waals surface area contributed by atoms with Crippen molar-refractivity contribution in [3.63, 3.8) is 0 Å². The Morgan fingerprint density at radius 3 is 2.60 bits per heavy atom. The minimum atomic E-state index is -0.0721. The third-order valence-electron chi connectivity index (χ3n) is 1.48. The van der Waals surface area contributed by atoms with E-state index >= 15 is 0 Å². The summed E-state index contributed by atoms with van der Waals surface area (Å²) in [6.07, 6.45) is 6.28. The first-order chi connectivity index (χ1) is 6.70. The summed E-state index contributed by atoms with van der Waals surface area (Å²) in [5, 5.41) is 0. The summed E-state index contributed by atoms with van der Waals surface area (Å²) >= 11 is 0. The second-order valence-electron chi connectivity index (χ2n) is 3.16. The van der Waals surface area contributed by atoms with E-state index in [2.05, 4.69) is 20.1 Å². The van der Waals surface area contributed by atoms with Crippen molar-refractivity contribution in [3.05, 3.63) is 37.1 Å². The highest BCUT2D eigenvalue weighted by molar-refractivity contribution is 4.88. The van der Waals surface area contributed by atoms with E-state index in [-0.39, 0.29) is 11.6 Å². The van der Waals surface area contributed by atoms with Crippen LogP contribution in [0.2, 0.25) is 0 Å². The van der Waals surface area contributed by atoms with Crippen molar-refractivity contribution in [1.82, 2.24) is 0 Å². The molecular formula is C12H22O3. The number of allylic oxidation sites excluding steroid dienone is 1. The largest absolute Gasteiger partial charge is 0.492 e. The van der Waals surface area contributed by atoms with Gasteiger partial charge in [0, 0.05) is 0 Å². The molecule has 0 aliphatic heterocycles. The number of rotatable bonds is 8. The van der Waals surface area contributed by atoms with Crippen molar-refractivity contribution < 1.29 is 14.9 Å². The monoisotopic (exact) mass is 214 g/mol. The maximum Gasteiger partial charge on any atom is 0.139 e. The van der Waals surface area contributed by atoms with Gasteiger partial charge in [0.2, 0.25) is 0 Å². The molecule has 0 aromatic heterocycles. The van der Waals surface area contributed by atoms with Gasteiger partial charge in [-0.1, -0.05) is 31.7 Å². The highest BCUT2D eigenvalue weighted by atomic mass is 16.5. The van der Waals surface area contributed by atoms with E-state index in [0.29, 0.717) is 13.2 Å². The first-order valence-corrected chi connectivity index (χ1v) is 4.85. The molecule has 1 unspecified atom stereocenters. The topological polar surface area (TPSA) is 50.0 Å². The van der Waals surface area contributed by atoms with Crippen molar-refractivity contribution in [1.29, 1.82) is 0 Å². The van der Waals surface area contributed by atoms with E-state index in [1.807, 2.05) is 13.0 Å². The Morgan fingerprint density at radius 2 is 2.13 bits per heavy atom. The van der Waals surface area contributed by atoms with Gasteiger partial charge >= 0.3 is 0 Å². The molecule has 3 heteroatoms. The summed E-state index contributed by atoms with van der Waals surface area (Å²) in [5.41, 5.74) is 1.01. The molecule has 0 spiro atoms. The lowest BCUT2D eigenvalue weighted by Crippen LogP contribution is -2.15. The maximum atomic E-state index is 5.36. The van der Waals surface area contributed by atoms with Gasteiger partial charge in [-0.25, -0.2) is 0 Å². The molecule has 0 radical (unpaired) electrons. The molecule has 0 saturated carbocycles. The molecule has 0 aliphatic rings. The first-order valence-electron chi connectivity index (χ1n) is 4.85. The van der Waals surface area contributed by atoms with E-state index in [0.717, 1.165) is 12.0 Å². The number of hydrogen-bond donors (Lipinski definition) is 0. The van der Waals surface area contributed by atoms with Crippen LogP contribution in [0.15, 0.2) is 37.1 Å². The number of ether oxygens (including phenoxy) is 2. The molecule has 0 bridgehead atoms. The molecule has 88 valence electrons. The van der Waals surface area contributed by atoms with Crippen molar-refractivity contribution in [3.8, 4) is 0 Å². The summed E-state index contributed by atoms with van der Waals surface area (Å²) in [7, 11) is 0. The highest BCUT2D eigenvalue weighted by Crippen LogP contribution is 1.98. The van der Waals surface area contributed by atoms with Gasteiger partial charge in [0.05, 0.1) is 19.5 Å². The van der Waals surface area contributed by atoms with E-state index in [1.54, 1.807) is 12.3 Å². The Bertz CT molecular complexity index is 197. The smallest absolute Gasteiger partial charge is 0.139 e. The van der Waals surface area contributed by atoms with E-state index in [9.17, 15) is 0 Å². The zero-order valence-electron chi connectivity index (χ0n) is 9.66. The van der Waals surface area contributed by atoms with Gasteiger partial charge in [-0.05, 0) is 19.4 Å². The van der Waals surface area contributed by atoms with Crippen LogP contribution in [0.25, 0.3) is 0 Å². The Morgan fingerprint density at radius 1 is 1.47 bits per heavy atom. The lowest BCUT2D eigenvalue weighted by Gasteiger charge is -2.12. The Labute approximate surface area is 92.4 Å². The summed E-state index contributed by atoms with van der Waals surface area (Å²) in [6.45, 7) is 12.5. The quantitative estimate of drug-likeness (QED) is 0.459. The van der Waals surface area contributed by atoms with Gasteiger partial charge in [-0.2, -0.15) is 0 Å². The van der Waals surface area contributed by atoms with Gasteiger partial charge < -0.3 is 14.9 Å². The van der Waals surface area contributed by atoms with Crippen LogP contribution in [0.5, 0.6) is 0 Å². The van der Waals surface area contributed by atoms with Crippen LogP contribution < -0.4 is 0 Å². The SMILES string of the molecule is C=CC(COCC(=C)C)OC=CCC.O. The van der Waals surface area contributed by atoms with E-state index in [4.69, 9.17) is 9.47 Å². The Balaban J connectivity index is 0. The Hall–Kier alpha value is -1.06. The molecule has 0 amide bonds. The van der Waals surface area contributed by atoms with Crippen LogP contribution >= 0.6 is 0 Å². The first kappa shape index (κ1) is 16.4. The van der Waals surface area contributed by atoms with Crippen molar-refractivity contribution in [2.45, 2.75) is 26.4 Å². The van der Waals surface area contributed by atoms with Gasteiger partial charge in [0.15, 0.2) is 0 Å². The zero-order chi connectivity index (χ0) is 10.8. The third-order valence-corrected chi connectivity index (χ3v) is 1.48. The van der Waals surface area contributed by atoms with Gasteiger partial charge in [0.1, 0.15) is 6.10 Å². The summed E-state index contributed by atoms with van der Waals surface area (Å²) in [6, 6.07) is 0. The molecule has 0 saturated heterocycles. The Kier molecular flexibility index (Phi) is 12.0. The fourth-order valence-corrected chi connectivity index (χ4v) is 0.765. The zero-order valence-corrected chi connectivity index (χ0v) is 9.66. The molecule has 0 heterocycles. The molecule has 0 aromatic rings. The average molecular weight is 214 g/mol. The van der Waals surface area contributed by atoms with Crippen LogP contribution in [-0.4, -0.2) is 24.8 Å². The van der Waals surface area contributed by atoms with Gasteiger partial charge in [-0.15, -0.1) is 0 Å².